The number of likely N-dealkylation sites (N-methyl/N-ethyl adjacent to an activating group) is 1. The molecule has 1 N–H and O–H groups in total. The first-order valence-electron chi connectivity index (χ1n) is 6.27. The summed E-state index contributed by atoms with van der Waals surface area (Å²) in [4.78, 5) is 14.0. The molecule has 1 aliphatic heterocycles. The van der Waals surface area contributed by atoms with Crippen molar-refractivity contribution in [2.45, 2.75) is 32.4 Å². The van der Waals surface area contributed by atoms with E-state index in [2.05, 4.69) is 24.4 Å². The van der Waals surface area contributed by atoms with Gasteiger partial charge in [0, 0.05) is 20.1 Å². The van der Waals surface area contributed by atoms with Crippen LogP contribution in [0.1, 0.15) is 24.5 Å². The van der Waals surface area contributed by atoms with Crippen molar-refractivity contribution in [3.8, 4) is 0 Å². The van der Waals surface area contributed by atoms with Crippen LogP contribution in [0.15, 0.2) is 24.3 Å². The predicted molar refractivity (Wildman–Crippen MR) is 68.7 cm³/mol. The number of hydrogen-bond donors (Lipinski definition) is 1. The zero-order valence-electron chi connectivity index (χ0n) is 10.6. The standard InChI is InChI=1S/C14H20N2O/c1-3-8-16(2)14(17)13-9-11-6-4-5-7-12(11)10-15-13/h4-7,13,15H,3,8-10H2,1-2H3/t13-/m1/s1. The van der Waals surface area contributed by atoms with Gasteiger partial charge < -0.3 is 10.2 Å². The van der Waals surface area contributed by atoms with Gasteiger partial charge in [-0.15, -0.1) is 0 Å². The smallest absolute Gasteiger partial charge is 0.239 e. The maximum Gasteiger partial charge on any atom is 0.239 e. The Labute approximate surface area is 103 Å². The molecule has 0 saturated carbocycles. The van der Waals surface area contributed by atoms with Crippen LogP contribution in [0.4, 0.5) is 0 Å². The van der Waals surface area contributed by atoms with E-state index in [4.69, 9.17) is 0 Å². The van der Waals surface area contributed by atoms with Crippen LogP contribution < -0.4 is 5.32 Å². The van der Waals surface area contributed by atoms with Crippen LogP contribution in [0.3, 0.4) is 0 Å². The normalized spacial score (nSPS) is 18.6. The minimum atomic E-state index is -0.0542. The number of rotatable bonds is 3. The monoisotopic (exact) mass is 232 g/mol. The average Bonchev–Trinajstić information content (AvgIpc) is 2.37. The van der Waals surface area contributed by atoms with Crippen molar-refractivity contribution in [2.24, 2.45) is 0 Å². The molecule has 1 aromatic rings. The van der Waals surface area contributed by atoms with Gasteiger partial charge in [-0.2, -0.15) is 0 Å². The lowest BCUT2D eigenvalue weighted by molar-refractivity contribution is -0.132. The fraction of sp³-hybridized carbons (Fsp3) is 0.500. The first-order chi connectivity index (χ1) is 8.22. The second-order valence-corrected chi connectivity index (χ2v) is 4.67. The van der Waals surface area contributed by atoms with Crippen molar-refractivity contribution < 1.29 is 4.79 Å². The van der Waals surface area contributed by atoms with Crippen molar-refractivity contribution in [3.63, 3.8) is 0 Å². The highest BCUT2D eigenvalue weighted by Crippen LogP contribution is 2.17. The molecular formula is C14H20N2O. The molecule has 92 valence electrons. The Morgan fingerprint density at radius 2 is 2.12 bits per heavy atom. The van der Waals surface area contributed by atoms with Crippen molar-refractivity contribution in [1.29, 1.82) is 0 Å². The lowest BCUT2D eigenvalue weighted by Crippen LogP contribution is -2.48. The molecule has 0 saturated heterocycles. The Morgan fingerprint density at radius 1 is 1.41 bits per heavy atom. The summed E-state index contributed by atoms with van der Waals surface area (Å²) in [7, 11) is 1.88. The molecule has 0 radical (unpaired) electrons. The van der Waals surface area contributed by atoms with Gasteiger partial charge >= 0.3 is 0 Å². The van der Waals surface area contributed by atoms with E-state index in [0.29, 0.717) is 0 Å². The zero-order chi connectivity index (χ0) is 12.3. The quantitative estimate of drug-likeness (QED) is 0.858. The largest absolute Gasteiger partial charge is 0.344 e. The number of carbonyl (C=O) groups is 1. The molecule has 0 spiro atoms. The molecule has 1 heterocycles. The molecule has 3 nitrogen and oxygen atoms in total. The molecular weight excluding hydrogens is 212 g/mol. The van der Waals surface area contributed by atoms with Gasteiger partial charge in [0.25, 0.3) is 0 Å². The third kappa shape index (κ3) is 2.67. The number of nitrogens with zero attached hydrogens (tertiary/aromatic N) is 1. The molecule has 2 rings (SSSR count). The summed E-state index contributed by atoms with van der Waals surface area (Å²) in [6.07, 6.45) is 1.81. The number of hydrogen-bond acceptors (Lipinski definition) is 2. The van der Waals surface area contributed by atoms with E-state index in [9.17, 15) is 4.79 Å². The minimum absolute atomic E-state index is 0.0542. The van der Waals surface area contributed by atoms with E-state index in [1.165, 1.54) is 11.1 Å². The fourth-order valence-corrected chi connectivity index (χ4v) is 2.34. The molecule has 1 aromatic carbocycles. The van der Waals surface area contributed by atoms with Gasteiger partial charge in [0.15, 0.2) is 0 Å². The van der Waals surface area contributed by atoms with Crippen LogP contribution in [0, 0.1) is 0 Å². The molecule has 0 bridgehead atoms. The van der Waals surface area contributed by atoms with Crippen LogP contribution in [-0.2, 0) is 17.8 Å². The number of benzene rings is 1. The summed E-state index contributed by atoms with van der Waals surface area (Å²) in [5.41, 5.74) is 2.61. The molecule has 17 heavy (non-hydrogen) atoms. The van der Waals surface area contributed by atoms with E-state index >= 15 is 0 Å². The van der Waals surface area contributed by atoms with Crippen LogP contribution in [0.5, 0.6) is 0 Å². The second-order valence-electron chi connectivity index (χ2n) is 4.67. The highest BCUT2D eigenvalue weighted by atomic mass is 16.2. The third-order valence-electron chi connectivity index (χ3n) is 3.31. The third-order valence-corrected chi connectivity index (χ3v) is 3.31. The molecule has 1 atom stereocenters. The maximum atomic E-state index is 12.2. The highest BCUT2D eigenvalue weighted by Gasteiger charge is 2.25. The minimum Gasteiger partial charge on any atom is -0.344 e. The van der Waals surface area contributed by atoms with Crippen LogP contribution in [-0.4, -0.2) is 30.4 Å². The maximum absolute atomic E-state index is 12.2. The van der Waals surface area contributed by atoms with Gasteiger partial charge in [0.1, 0.15) is 0 Å². The Kier molecular flexibility index (Phi) is 3.79. The van der Waals surface area contributed by atoms with Gasteiger partial charge in [-0.3, -0.25) is 4.79 Å². The van der Waals surface area contributed by atoms with E-state index < -0.39 is 0 Å². The summed E-state index contributed by atoms with van der Waals surface area (Å²) in [5, 5.41) is 3.32. The predicted octanol–water partition coefficient (Wildman–Crippen LogP) is 1.57. The SMILES string of the molecule is CCCN(C)C(=O)[C@H]1Cc2ccccc2CN1. The Hall–Kier alpha value is -1.35. The summed E-state index contributed by atoms with van der Waals surface area (Å²) in [5.74, 6) is 0.210. The fourth-order valence-electron chi connectivity index (χ4n) is 2.34. The Balaban J connectivity index is 2.05. The summed E-state index contributed by atoms with van der Waals surface area (Å²) >= 11 is 0. The number of amides is 1. The summed E-state index contributed by atoms with van der Waals surface area (Å²) in [6.45, 7) is 3.72. The molecule has 0 unspecified atom stereocenters. The molecule has 0 aromatic heterocycles. The van der Waals surface area contributed by atoms with Crippen molar-refractivity contribution in [3.05, 3.63) is 35.4 Å². The van der Waals surface area contributed by atoms with E-state index in [0.717, 1.165) is 25.9 Å². The van der Waals surface area contributed by atoms with Gasteiger partial charge in [-0.05, 0) is 24.0 Å². The molecule has 0 fully saturated rings. The van der Waals surface area contributed by atoms with Crippen molar-refractivity contribution in [2.75, 3.05) is 13.6 Å². The number of nitrogens with one attached hydrogen (secondary N) is 1. The lowest BCUT2D eigenvalue weighted by atomic mass is 9.95. The number of fused-ring (bicyclic) bond motifs is 1. The topological polar surface area (TPSA) is 32.3 Å². The van der Waals surface area contributed by atoms with Gasteiger partial charge in [-0.25, -0.2) is 0 Å². The molecule has 3 heteroatoms. The van der Waals surface area contributed by atoms with Crippen LogP contribution >= 0.6 is 0 Å². The van der Waals surface area contributed by atoms with Crippen molar-refractivity contribution in [1.82, 2.24) is 10.2 Å². The number of carbonyl (C=O) groups excluding carboxylic acids is 1. The van der Waals surface area contributed by atoms with E-state index in [1.807, 2.05) is 24.1 Å². The second kappa shape index (κ2) is 5.32. The summed E-state index contributed by atoms with van der Waals surface area (Å²) < 4.78 is 0. The molecule has 0 aliphatic carbocycles. The lowest BCUT2D eigenvalue weighted by Gasteiger charge is -2.28. The molecule has 1 aliphatic rings. The van der Waals surface area contributed by atoms with Gasteiger partial charge in [0.05, 0.1) is 6.04 Å². The first-order valence-corrected chi connectivity index (χ1v) is 6.27. The van der Waals surface area contributed by atoms with Gasteiger partial charge in [0.2, 0.25) is 5.91 Å². The zero-order valence-corrected chi connectivity index (χ0v) is 10.6. The summed E-state index contributed by atoms with van der Waals surface area (Å²) in [6, 6.07) is 8.28. The van der Waals surface area contributed by atoms with Gasteiger partial charge in [-0.1, -0.05) is 31.2 Å². The first kappa shape index (κ1) is 12.1. The van der Waals surface area contributed by atoms with Crippen molar-refractivity contribution >= 4 is 5.91 Å². The van der Waals surface area contributed by atoms with E-state index in [1.54, 1.807) is 0 Å². The Bertz CT molecular complexity index is 403. The van der Waals surface area contributed by atoms with E-state index in [-0.39, 0.29) is 11.9 Å². The highest BCUT2D eigenvalue weighted by molar-refractivity contribution is 5.82. The Morgan fingerprint density at radius 3 is 2.82 bits per heavy atom. The molecule has 1 amide bonds. The van der Waals surface area contributed by atoms with Crippen LogP contribution in [0.25, 0.3) is 0 Å². The van der Waals surface area contributed by atoms with Crippen LogP contribution in [0.2, 0.25) is 0 Å². The average molecular weight is 232 g/mol.